The molecule has 1 aromatic rings. The number of benzene rings is 1. The molecule has 0 spiro atoms. The first-order valence-electron chi connectivity index (χ1n) is 12.2. The van der Waals surface area contributed by atoms with Crippen molar-refractivity contribution in [2.24, 2.45) is 11.7 Å². The summed E-state index contributed by atoms with van der Waals surface area (Å²) in [5.41, 5.74) is 6.37. The van der Waals surface area contributed by atoms with Crippen molar-refractivity contribution in [1.82, 2.24) is 16.0 Å². The van der Waals surface area contributed by atoms with Gasteiger partial charge in [0.25, 0.3) is 0 Å². The molecule has 0 saturated heterocycles. The molecule has 0 radical (unpaired) electrons. The van der Waals surface area contributed by atoms with Crippen LogP contribution < -0.4 is 21.7 Å². The van der Waals surface area contributed by atoms with Crippen LogP contribution in [0.25, 0.3) is 0 Å². The molecule has 4 unspecified atom stereocenters. The summed E-state index contributed by atoms with van der Waals surface area (Å²) in [5, 5.41) is 34.7. The number of carbonyl (C=O) groups is 6. The number of nitrogens with one attached hydrogen (secondary N) is 3. The predicted molar refractivity (Wildman–Crippen MR) is 135 cm³/mol. The van der Waals surface area contributed by atoms with E-state index in [9.17, 15) is 33.9 Å². The standard InChI is InChI=1S/C25H36N4O9/c1-14(2)12-18(24(36)29-19(25(37)38)13-15-6-4-3-5-7-15)28-23(35)17(9-11-21(32)33)27-22(34)16(26)8-10-20(30)31/h3-7,14,16-19H,8-13,26H2,1-2H3,(H,27,34)(H,28,35)(H,29,36)(H,30,31)(H,32,33)(H,37,38). The SMILES string of the molecule is CC(C)CC(NC(=O)C(CCC(=O)O)NC(=O)C(N)CCC(=O)O)C(=O)NC(Cc1ccccc1)C(=O)O. The molecule has 3 amide bonds. The number of aliphatic carboxylic acids is 3. The molecule has 0 aliphatic carbocycles. The molecule has 38 heavy (non-hydrogen) atoms. The van der Waals surface area contributed by atoms with E-state index < -0.39 is 66.2 Å². The average Bonchev–Trinajstić information content (AvgIpc) is 2.83. The molecule has 210 valence electrons. The Labute approximate surface area is 220 Å². The van der Waals surface area contributed by atoms with Gasteiger partial charge in [0.15, 0.2) is 0 Å². The van der Waals surface area contributed by atoms with Crippen LogP contribution in [0.5, 0.6) is 0 Å². The van der Waals surface area contributed by atoms with E-state index in [4.69, 9.17) is 15.9 Å². The molecule has 0 aromatic heterocycles. The Morgan fingerprint density at radius 2 is 1.24 bits per heavy atom. The number of carbonyl (C=O) groups excluding carboxylic acids is 3. The number of amides is 3. The summed E-state index contributed by atoms with van der Waals surface area (Å²) < 4.78 is 0. The van der Waals surface area contributed by atoms with E-state index in [1.807, 2.05) is 0 Å². The second-order valence-corrected chi connectivity index (χ2v) is 9.31. The summed E-state index contributed by atoms with van der Waals surface area (Å²) in [6.07, 6.45) is -1.25. The van der Waals surface area contributed by atoms with Crippen LogP contribution in [0.15, 0.2) is 30.3 Å². The fourth-order valence-corrected chi connectivity index (χ4v) is 3.52. The van der Waals surface area contributed by atoms with Gasteiger partial charge < -0.3 is 37.0 Å². The smallest absolute Gasteiger partial charge is 0.326 e. The number of rotatable bonds is 17. The normalized spacial score (nSPS) is 14.0. The van der Waals surface area contributed by atoms with Gasteiger partial charge in [-0.3, -0.25) is 24.0 Å². The summed E-state index contributed by atoms with van der Waals surface area (Å²) >= 11 is 0. The minimum absolute atomic E-state index is 0.00971. The zero-order chi connectivity index (χ0) is 28.8. The number of hydrogen-bond acceptors (Lipinski definition) is 7. The lowest BCUT2D eigenvalue weighted by atomic mass is 10.0. The third-order valence-electron chi connectivity index (χ3n) is 5.52. The second-order valence-electron chi connectivity index (χ2n) is 9.31. The number of carboxylic acid groups (broad SMARTS) is 3. The van der Waals surface area contributed by atoms with Gasteiger partial charge in [-0.2, -0.15) is 0 Å². The van der Waals surface area contributed by atoms with Gasteiger partial charge in [0.2, 0.25) is 17.7 Å². The maximum atomic E-state index is 13.0. The lowest BCUT2D eigenvalue weighted by molar-refractivity contribution is -0.142. The van der Waals surface area contributed by atoms with Gasteiger partial charge in [0.1, 0.15) is 18.1 Å². The van der Waals surface area contributed by atoms with Crippen molar-refractivity contribution in [1.29, 1.82) is 0 Å². The highest BCUT2D eigenvalue weighted by atomic mass is 16.4. The van der Waals surface area contributed by atoms with Crippen LogP contribution in [-0.4, -0.2) is 75.1 Å². The van der Waals surface area contributed by atoms with Crippen LogP contribution in [0, 0.1) is 5.92 Å². The highest BCUT2D eigenvalue weighted by Crippen LogP contribution is 2.09. The van der Waals surface area contributed by atoms with E-state index in [0.717, 1.165) is 0 Å². The van der Waals surface area contributed by atoms with E-state index in [-0.39, 0.29) is 38.0 Å². The summed E-state index contributed by atoms with van der Waals surface area (Å²) in [6, 6.07) is 3.58. The molecule has 13 nitrogen and oxygen atoms in total. The van der Waals surface area contributed by atoms with Crippen molar-refractivity contribution in [2.45, 2.75) is 76.5 Å². The monoisotopic (exact) mass is 536 g/mol. The van der Waals surface area contributed by atoms with E-state index >= 15 is 0 Å². The van der Waals surface area contributed by atoms with Gasteiger partial charge in [-0.25, -0.2) is 4.79 Å². The molecule has 0 saturated carbocycles. The van der Waals surface area contributed by atoms with Crippen LogP contribution >= 0.6 is 0 Å². The Bertz CT molecular complexity index is 984. The number of carboxylic acids is 3. The minimum Gasteiger partial charge on any atom is -0.481 e. The largest absolute Gasteiger partial charge is 0.481 e. The molecular formula is C25H36N4O9. The molecule has 1 aromatic carbocycles. The van der Waals surface area contributed by atoms with Crippen molar-refractivity contribution in [3.8, 4) is 0 Å². The zero-order valence-corrected chi connectivity index (χ0v) is 21.4. The van der Waals surface area contributed by atoms with Gasteiger partial charge in [-0.15, -0.1) is 0 Å². The minimum atomic E-state index is -1.38. The summed E-state index contributed by atoms with van der Waals surface area (Å²) in [6.45, 7) is 3.58. The molecule has 0 aliphatic rings. The lowest BCUT2D eigenvalue weighted by Crippen LogP contribution is -2.57. The molecular weight excluding hydrogens is 500 g/mol. The van der Waals surface area contributed by atoms with Crippen molar-refractivity contribution >= 4 is 35.6 Å². The van der Waals surface area contributed by atoms with Gasteiger partial charge in [0.05, 0.1) is 6.04 Å². The van der Waals surface area contributed by atoms with E-state index in [0.29, 0.717) is 5.56 Å². The highest BCUT2D eigenvalue weighted by molar-refractivity contribution is 5.94. The maximum absolute atomic E-state index is 13.0. The molecule has 0 aliphatic heterocycles. The first kappa shape index (κ1) is 32.0. The summed E-state index contributed by atoms with van der Waals surface area (Å²) in [5.74, 6) is -6.22. The van der Waals surface area contributed by atoms with Crippen LogP contribution in [0.4, 0.5) is 0 Å². The van der Waals surface area contributed by atoms with Gasteiger partial charge in [0, 0.05) is 19.3 Å². The maximum Gasteiger partial charge on any atom is 0.326 e. The second kappa shape index (κ2) is 16.0. The fraction of sp³-hybridized carbons (Fsp3) is 0.520. The van der Waals surface area contributed by atoms with E-state index in [1.54, 1.807) is 44.2 Å². The Kier molecular flexibility index (Phi) is 13.5. The van der Waals surface area contributed by atoms with Gasteiger partial charge >= 0.3 is 17.9 Å². The summed E-state index contributed by atoms with van der Waals surface area (Å²) in [4.78, 5) is 72.1. The summed E-state index contributed by atoms with van der Waals surface area (Å²) in [7, 11) is 0. The Balaban J connectivity index is 3.01. The fourth-order valence-electron chi connectivity index (χ4n) is 3.52. The van der Waals surface area contributed by atoms with Crippen LogP contribution in [0.2, 0.25) is 0 Å². The number of hydrogen-bond donors (Lipinski definition) is 7. The molecule has 0 bridgehead atoms. The van der Waals surface area contributed by atoms with Crippen molar-refractivity contribution in [2.75, 3.05) is 0 Å². The first-order valence-corrected chi connectivity index (χ1v) is 12.2. The Morgan fingerprint density at radius 1 is 0.737 bits per heavy atom. The molecule has 1 rings (SSSR count). The molecule has 4 atom stereocenters. The topological polar surface area (TPSA) is 225 Å². The van der Waals surface area contributed by atoms with Crippen LogP contribution in [-0.2, 0) is 35.2 Å². The van der Waals surface area contributed by atoms with Gasteiger partial charge in [-0.05, 0) is 30.7 Å². The Morgan fingerprint density at radius 3 is 1.76 bits per heavy atom. The number of nitrogens with two attached hydrogens (primary N) is 1. The lowest BCUT2D eigenvalue weighted by Gasteiger charge is -2.26. The quantitative estimate of drug-likeness (QED) is 0.140. The third kappa shape index (κ3) is 12.3. The van der Waals surface area contributed by atoms with E-state index in [1.165, 1.54) is 0 Å². The highest BCUT2D eigenvalue weighted by Gasteiger charge is 2.31. The Hall–Kier alpha value is -4.00. The predicted octanol–water partition coefficient (Wildman–Crippen LogP) is -0.129. The van der Waals surface area contributed by atoms with Crippen LogP contribution in [0.3, 0.4) is 0 Å². The third-order valence-corrected chi connectivity index (χ3v) is 5.52. The zero-order valence-electron chi connectivity index (χ0n) is 21.4. The molecule has 8 N–H and O–H groups in total. The van der Waals surface area contributed by atoms with Gasteiger partial charge in [-0.1, -0.05) is 44.2 Å². The van der Waals surface area contributed by atoms with Crippen molar-refractivity contribution in [3.05, 3.63) is 35.9 Å². The molecule has 13 heteroatoms. The van der Waals surface area contributed by atoms with Crippen molar-refractivity contribution < 1.29 is 44.1 Å². The molecule has 0 fully saturated rings. The van der Waals surface area contributed by atoms with E-state index in [2.05, 4.69) is 16.0 Å². The average molecular weight is 537 g/mol. The first-order chi connectivity index (χ1) is 17.8. The molecule has 0 heterocycles. The van der Waals surface area contributed by atoms with Crippen molar-refractivity contribution in [3.63, 3.8) is 0 Å². The van der Waals surface area contributed by atoms with Crippen LogP contribution in [0.1, 0.15) is 51.5 Å².